The minimum atomic E-state index is 0.0574. The Morgan fingerprint density at radius 3 is 2.76 bits per heavy atom. The average molecular weight is 327 g/mol. The topological polar surface area (TPSA) is 62.5 Å². The van der Waals surface area contributed by atoms with Gasteiger partial charge < -0.3 is 14.3 Å². The van der Waals surface area contributed by atoms with E-state index < -0.39 is 0 Å². The van der Waals surface area contributed by atoms with E-state index >= 15 is 0 Å². The number of carbonyl (C=O) groups excluding carboxylic acids is 1. The van der Waals surface area contributed by atoms with Gasteiger partial charge in [-0.3, -0.25) is 4.79 Å². The minimum absolute atomic E-state index is 0.0574. The molecule has 0 spiro atoms. The summed E-state index contributed by atoms with van der Waals surface area (Å²) in [5, 5.41) is 6.95. The highest BCUT2D eigenvalue weighted by atomic mass is 35.5. The highest BCUT2D eigenvalue weighted by molar-refractivity contribution is 7.13. The largest absolute Gasteiger partial charge is 0.345 e. The van der Waals surface area contributed by atoms with Crippen LogP contribution >= 0.6 is 22.9 Å². The lowest BCUT2D eigenvalue weighted by molar-refractivity contribution is -0.130. The average Bonchev–Trinajstić information content (AvgIpc) is 3.13. The zero-order valence-electron chi connectivity index (χ0n) is 11.6. The number of rotatable bonds is 3. The van der Waals surface area contributed by atoms with Gasteiger partial charge in [0.1, 0.15) is 0 Å². The van der Waals surface area contributed by atoms with Crippen molar-refractivity contribution in [1.82, 2.24) is 15.0 Å². The number of aryl methyl sites for hydroxylation is 1. The standard InChI is InChI=1S/C13H15ClN4O2S/c1-9-10(12(14)20-16-9)8-11(19)17-3-5-18(6-4-17)13-15-2-7-21-13/h2,7H,3-6,8H2,1H3. The van der Waals surface area contributed by atoms with Gasteiger partial charge in [-0.05, 0) is 18.5 Å². The van der Waals surface area contributed by atoms with Crippen LogP contribution in [0.4, 0.5) is 5.13 Å². The number of nitrogens with zero attached hydrogens (tertiary/aromatic N) is 4. The first-order valence-corrected chi connectivity index (χ1v) is 7.94. The highest BCUT2D eigenvalue weighted by Gasteiger charge is 2.24. The summed E-state index contributed by atoms with van der Waals surface area (Å²) in [5.41, 5.74) is 1.36. The lowest BCUT2D eigenvalue weighted by Gasteiger charge is -2.34. The Hall–Kier alpha value is -1.60. The predicted molar refractivity (Wildman–Crippen MR) is 80.9 cm³/mol. The Bertz CT molecular complexity index is 601. The van der Waals surface area contributed by atoms with Crippen molar-refractivity contribution in [3.05, 3.63) is 28.1 Å². The molecule has 0 bridgehead atoms. The number of anilines is 1. The van der Waals surface area contributed by atoms with Crippen LogP contribution in [0.15, 0.2) is 16.1 Å². The van der Waals surface area contributed by atoms with Gasteiger partial charge in [0.2, 0.25) is 11.1 Å². The molecule has 21 heavy (non-hydrogen) atoms. The quantitative estimate of drug-likeness (QED) is 0.863. The maximum atomic E-state index is 12.3. The van der Waals surface area contributed by atoms with Crippen molar-refractivity contribution >= 4 is 34.0 Å². The van der Waals surface area contributed by atoms with E-state index in [0.29, 0.717) is 24.3 Å². The number of halogens is 1. The van der Waals surface area contributed by atoms with Gasteiger partial charge in [-0.1, -0.05) is 5.16 Å². The lowest BCUT2D eigenvalue weighted by Crippen LogP contribution is -2.49. The number of hydrogen-bond acceptors (Lipinski definition) is 6. The maximum Gasteiger partial charge on any atom is 0.229 e. The highest BCUT2D eigenvalue weighted by Crippen LogP contribution is 2.22. The van der Waals surface area contributed by atoms with E-state index in [1.165, 1.54) is 0 Å². The third-order valence-corrected chi connectivity index (χ3v) is 4.72. The number of piperazine rings is 1. The molecule has 2 aromatic rings. The Labute approximate surface area is 131 Å². The van der Waals surface area contributed by atoms with Crippen LogP contribution in [0, 0.1) is 6.92 Å². The molecule has 2 aromatic heterocycles. The molecule has 0 aromatic carbocycles. The molecular weight excluding hydrogens is 312 g/mol. The summed E-state index contributed by atoms with van der Waals surface area (Å²) >= 11 is 7.52. The van der Waals surface area contributed by atoms with Gasteiger partial charge in [-0.25, -0.2) is 4.98 Å². The lowest BCUT2D eigenvalue weighted by atomic mass is 10.1. The summed E-state index contributed by atoms with van der Waals surface area (Å²) in [4.78, 5) is 20.7. The van der Waals surface area contributed by atoms with E-state index in [2.05, 4.69) is 15.0 Å². The maximum absolute atomic E-state index is 12.3. The van der Waals surface area contributed by atoms with Gasteiger partial charge in [0.05, 0.1) is 12.1 Å². The summed E-state index contributed by atoms with van der Waals surface area (Å²) in [7, 11) is 0. The molecule has 0 saturated carbocycles. The molecule has 3 heterocycles. The van der Waals surface area contributed by atoms with Crippen LogP contribution in [-0.4, -0.2) is 47.1 Å². The molecule has 1 amide bonds. The summed E-state index contributed by atoms with van der Waals surface area (Å²) < 4.78 is 4.88. The van der Waals surface area contributed by atoms with Crippen LogP contribution in [0.1, 0.15) is 11.3 Å². The molecule has 0 atom stereocenters. The van der Waals surface area contributed by atoms with E-state index in [0.717, 1.165) is 18.2 Å². The Balaban J connectivity index is 1.58. The van der Waals surface area contributed by atoms with Crippen LogP contribution in [0.3, 0.4) is 0 Å². The molecule has 1 aliphatic heterocycles. The van der Waals surface area contributed by atoms with Crippen LogP contribution in [0.5, 0.6) is 0 Å². The Kier molecular flexibility index (Phi) is 4.12. The van der Waals surface area contributed by atoms with Crippen molar-refractivity contribution in [1.29, 1.82) is 0 Å². The van der Waals surface area contributed by atoms with Gasteiger partial charge in [0.15, 0.2) is 5.13 Å². The third kappa shape index (κ3) is 3.03. The predicted octanol–water partition coefficient (Wildman–Crippen LogP) is 1.98. The molecule has 0 N–H and O–H groups in total. The summed E-state index contributed by atoms with van der Waals surface area (Å²) in [6, 6.07) is 0. The van der Waals surface area contributed by atoms with Gasteiger partial charge in [0.25, 0.3) is 0 Å². The second kappa shape index (κ2) is 6.03. The first-order chi connectivity index (χ1) is 10.1. The van der Waals surface area contributed by atoms with Gasteiger partial charge in [-0.2, -0.15) is 0 Å². The van der Waals surface area contributed by atoms with Crippen molar-refractivity contribution < 1.29 is 9.32 Å². The third-order valence-electron chi connectivity index (χ3n) is 3.59. The molecule has 8 heteroatoms. The summed E-state index contributed by atoms with van der Waals surface area (Å²) in [5.74, 6) is 0.0574. The minimum Gasteiger partial charge on any atom is -0.345 e. The molecule has 1 aliphatic rings. The fraction of sp³-hybridized carbons (Fsp3) is 0.462. The second-order valence-electron chi connectivity index (χ2n) is 4.88. The van der Waals surface area contributed by atoms with Crippen molar-refractivity contribution in [2.24, 2.45) is 0 Å². The number of aromatic nitrogens is 2. The molecule has 6 nitrogen and oxygen atoms in total. The fourth-order valence-corrected chi connectivity index (χ4v) is 3.28. The van der Waals surface area contributed by atoms with Crippen molar-refractivity contribution in [2.75, 3.05) is 31.1 Å². The van der Waals surface area contributed by atoms with Crippen LogP contribution < -0.4 is 4.90 Å². The van der Waals surface area contributed by atoms with Crippen molar-refractivity contribution in [3.8, 4) is 0 Å². The normalized spacial score (nSPS) is 15.5. The molecule has 0 aliphatic carbocycles. The Morgan fingerprint density at radius 1 is 1.43 bits per heavy atom. The number of thiazole rings is 1. The Morgan fingerprint density at radius 2 is 2.19 bits per heavy atom. The smallest absolute Gasteiger partial charge is 0.229 e. The summed E-state index contributed by atoms with van der Waals surface area (Å²) in [6.45, 7) is 4.78. The van der Waals surface area contributed by atoms with E-state index in [9.17, 15) is 4.79 Å². The van der Waals surface area contributed by atoms with E-state index in [1.54, 1.807) is 24.5 Å². The number of hydrogen-bond donors (Lipinski definition) is 0. The SMILES string of the molecule is Cc1noc(Cl)c1CC(=O)N1CCN(c2nccs2)CC1. The zero-order valence-corrected chi connectivity index (χ0v) is 13.2. The first kappa shape index (κ1) is 14.3. The van der Waals surface area contributed by atoms with E-state index in [4.69, 9.17) is 16.1 Å². The number of carbonyl (C=O) groups is 1. The molecule has 3 rings (SSSR count). The molecule has 0 radical (unpaired) electrons. The van der Waals surface area contributed by atoms with Crippen LogP contribution in [0.25, 0.3) is 0 Å². The molecule has 0 unspecified atom stereocenters. The molecule has 1 saturated heterocycles. The zero-order chi connectivity index (χ0) is 14.8. The van der Waals surface area contributed by atoms with Crippen LogP contribution in [0.2, 0.25) is 5.22 Å². The second-order valence-corrected chi connectivity index (χ2v) is 6.10. The van der Waals surface area contributed by atoms with Gasteiger partial charge >= 0.3 is 0 Å². The van der Waals surface area contributed by atoms with Crippen molar-refractivity contribution in [2.45, 2.75) is 13.3 Å². The molecule has 112 valence electrons. The van der Waals surface area contributed by atoms with E-state index in [1.807, 2.05) is 10.3 Å². The number of amides is 1. The van der Waals surface area contributed by atoms with Crippen molar-refractivity contribution in [3.63, 3.8) is 0 Å². The summed E-state index contributed by atoms with van der Waals surface area (Å²) in [6.07, 6.45) is 2.04. The monoisotopic (exact) mass is 326 g/mol. The van der Waals surface area contributed by atoms with E-state index in [-0.39, 0.29) is 17.5 Å². The van der Waals surface area contributed by atoms with Gasteiger partial charge in [-0.15, -0.1) is 11.3 Å². The first-order valence-electron chi connectivity index (χ1n) is 6.68. The van der Waals surface area contributed by atoms with Crippen LogP contribution in [-0.2, 0) is 11.2 Å². The molecular formula is C13H15ClN4O2S. The van der Waals surface area contributed by atoms with Gasteiger partial charge in [0, 0.05) is 43.3 Å². The molecule has 1 fully saturated rings. The fourth-order valence-electron chi connectivity index (χ4n) is 2.34.